The van der Waals surface area contributed by atoms with Crippen molar-refractivity contribution >= 4 is 10.2 Å². The van der Waals surface area contributed by atoms with E-state index in [0.29, 0.717) is 19.0 Å². The first-order valence-corrected chi connectivity index (χ1v) is 8.38. The Morgan fingerprint density at radius 3 is 2.55 bits per heavy atom. The summed E-state index contributed by atoms with van der Waals surface area (Å²) in [6, 6.07) is 4.17. The zero-order valence-corrected chi connectivity index (χ0v) is 13.2. The maximum Gasteiger partial charge on any atom is 0.281 e. The minimum atomic E-state index is -3.25. The van der Waals surface area contributed by atoms with E-state index < -0.39 is 10.2 Å². The molecule has 6 heteroatoms. The zero-order chi connectivity index (χ0) is 14.8. The first kappa shape index (κ1) is 15.4. The van der Waals surface area contributed by atoms with Crippen LogP contribution in [0.2, 0.25) is 0 Å². The highest BCUT2D eigenvalue weighted by Gasteiger charge is 2.29. The number of rotatable bonds is 4. The third-order valence-electron chi connectivity index (χ3n) is 3.85. The number of aromatic nitrogens is 1. The van der Waals surface area contributed by atoms with Crippen molar-refractivity contribution in [2.75, 3.05) is 27.2 Å². The molecule has 0 saturated carbocycles. The van der Waals surface area contributed by atoms with Gasteiger partial charge in [-0.3, -0.25) is 4.98 Å². The van der Waals surface area contributed by atoms with Crippen molar-refractivity contribution in [2.45, 2.75) is 26.2 Å². The lowest BCUT2D eigenvalue weighted by atomic mass is 9.91. The second-order valence-corrected chi connectivity index (χ2v) is 7.78. The van der Waals surface area contributed by atoms with Gasteiger partial charge in [-0.15, -0.1) is 0 Å². The highest BCUT2D eigenvalue weighted by molar-refractivity contribution is 7.86. The van der Waals surface area contributed by atoms with Gasteiger partial charge in [-0.05, 0) is 49.8 Å². The number of piperidine rings is 1. The molecule has 1 aliphatic heterocycles. The molecular weight excluding hydrogens is 274 g/mol. The maximum atomic E-state index is 12.0. The molecule has 0 spiro atoms. The summed E-state index contributed by atoms with van der Waals surface area (Å²) in [6.45, 7) is 3.24. The molecule has 20 heavy (non-hydrogen) atoms. The Morgan fingerprint density at radius 2 is 2.00 bits per heavy atom. The van der Waals surface area contributed by atoms with Crippen molar-refractivity contribution in [1.82, 2.24) is 13.6 Å². The van der Waals surface area contributed by atoms with Gasteiger partial charge in [0.1, 0.15) is 0 Å². The van der Waals surface area contributed by atoms with Gasteiger partial charge in [0.25, 0.3) is 10.2 Å². The lowest BCUT2D eigenvalue weighted by molar-refractivity contribution is 0.262. The summed E-state index contributed by atoms with van der Waals surface area (Å²) < 4.78 is 27.0. The highest BCUT2D eigenvalue weighted by atomic mass is 32.2. The number of nitrogens with zero attached hydrogens (tertiary/aromatic N) is 3. The first-order valence-electron chi connectivity index (χ1n) is 6.98. The fourth-order valence-corrected chi connectivity index (χ4v) is 3.77. The van der Waals surface area contributed by atoms with Crippen LogP contribution < -0.4 is 0 Å². The Morgan fingerprint density at radius 1 is 1.35 bits per heavy atom. The van der Waals surface area contributed by atoms with Gasteiger partial charge < -0.3 is 0 Å². The normalized spacial score (nSPS) is 18.6. The lowest BCUT2D eigenvalue weighted by Gasteiger charge is -2.32. The molecule has 1 aromatic rings. The Bertz CT molecular complexity index is 549. The van der Waals surface area contributed by atoms with Crippen LogP contribution >= 0.6 is 0 Å². The summed E-state index contributed by atoms with van der Waals surface area (Å²) in [5.41, 5.74) is 2.33. The molecule has 0 aromatic carbocycles. The molecule has 1 aliphatic rings. The maximum absolute atomic E-state index is 12.0. The molecular formula is C14H23N3O2S. The SMILES string of the molecule is Cc1cc(CC2CCN(S(=O)(=O)N(C)C)CC2)ccn1. The Hall–Kier alpha value is -0.980. The molecule has 0 bridgehead atoms. The topological polar surface area (TPSA) is 53.5 Å². The Balaban J connectivity index is 1.92. The van der Waals surface area contributed by atoms with E-state index in [1.165, 1.54) is 9.87 Å². The number of hydrogen-bond acceptors (Lipinski definition) is 3. The van der Waals surface area contributed by atoms with E-state index in [0.717, 1.165) is 25.0 Å². The predicted octanol–water partition coefficient (Wildman–Crippen LogP) is 1.45. The largest absolute Gasteiger partial charge is 0.281 e. The van der Waals surface area contributed by atoms with E-state index in [-0.39, 0.29) is 0 Å². The molecule has 112 valence electrons. The number of hydrogen-bond donors (Lipinski definition) is 0. The van der Waals surface area contributed by atoms with Crippen LogP contribution in [0, 0.1) is 12.8 Å². The molecule has 1 fully saturated rings. The van der Waals surface area contributed by atoms with Gasteiger partial charge >= 0.3 is 0 Å². The van der Waals surface area contributed by atoms with Crippen molar-refractivity contribution in [3.05, 3.63) is 29.6 Å². The van der Waals surface area contributed by atoms with Gasteiger partial charge in [-0.1, -0.05) is 0 Å². The predicted molar refractivity (Wildman–Crippen MR) is 79.6 cm³/mol. The molecule has 0 radical (unpaired) electrons. The summed E-state index contributed by atoms with van der Waals surface area (Å²) in [7, 11) is -0.0773. The van der Waals surface area contributed by atoms with Crippen molar-refractivity contribution in [1.29, 1.82) is 0 Å². The lowest BCUT2D eigenvalue weighted by Crippen LogP contribution is -2.44. The van der Waals surface area contributed by atoms with Crippen molar-refractivity contribution in [2.24, 2.45) is 5.92 Å². The summed E-state index contributed by atoms with van der Waals surface area (Å²) in [4.78, 5) is 4.20. The minimum absolute atomic E-state index is 0.561. The van der Waals surface area contributed by atoms with Crippen molar-refractivity contribution < 1.29 is 8.42 Å². The third-order valence-corrected chi connectivity index (χ3v) is 5.79. The summed E-state index contributed by atoms with van der Waals surface area (Å²) >= 11 is 0. The summed E-state index contributed by atoms with van der Waals surface area (Å²) in [5, 5.41) is 0. The average Bonchev–Trinajstić information content (AvgIpc) is 2.39. The molecule has 0 amide bonds. The van der Waals surface area contributed by atoms with E-state index in [9.17, 15) is 8.42 Å². The van der Waals surface area contributed by atoms with E-state index in [1.54, 1.807) is 18.4 Å². The Kier molecular flexibility index (Phi) is 4.78. The van der Waals surface area contributed by atoms with Gasteiger partial charge in [-0.2, -0.15) is 17.0 Å². The van der Waals surface area contributed by atoms with Crippen molar-refractivity contribution in [3.8, 4) is 0 Å². The number of pyridine rings is 1. The smallest absolute Gasteiger partial charge is 0.262 e. The number of aryl methyl sites for hydroxylation is 1. The van der Waals surface area contributed by atoms with Gasteiger partial charge in [0, 0.05) is 39.1 Å². The quantitative estimate of drug-likeness (QED) is 0.845. The molecule has 1 aromatic heterocycles. The Labute approximate surface area is 121 Å². The van der Waals surface area contributed by atoms with Gasteiger partial charge in [-0.25, -0.2) is 0 Å². The van der Waals surface area contributed by atoms with Crippen LogP contribution in [-0.4, -0.2) is 49.2 Å². The van der Waals surface area contributed by atoms with Crippen LogP contribution in [0.3, 0.4) is 0 Å². The summed E-state index contributed by atoms with van der Waals surface area (Å²) in [5.74, 6) is 0.561. The minimum Gasteiger partial charge on any atom is -0.262 e. The molecule has 2 heterocycles. The highest BCUT2D eigenvalue weighted by Crippen LogP contribution is 2.23. The zero-order valence-electron chi connectivity index (χ0n) is 12.4. The van der Waals surface area contributed by atoms with Crippen molar-refractivity contribution in [3.63, 3.8) is 0 Å². The van der Waals surface area contributed by atoms with Gasteiger partial charge in [0.05, 0.1) is 0 Å². The van der Waals surface area contributed by atoms with Gasteiger partial charge in [0.15, 0.2) is 0 Å². The fourth-order valence-electron chi connectivity index (χ4n) is 2.64. The van der Waals surface area contributed by atoms with E-state index in [2.05, 4.69) is 17.1 Å². The van der Waals surface area contributed by atoms with Crippen LogP contribution in [0.5, 0.6) is 0 Å². The monoisotopic (exact) mass is 297 g/mol. The second kappa shape index (κ2) is 6.20. The summed E-state index contributed by atoms with van der Waals surface area (Å²) in [6.07, 6.45) is 4.71. The van der Waals surface area contributed by atoms with E-state index >= 15 is 0 Å². The van der Waals surface area contributed by atoms with E-state index in [1.807, 2.05) is 13.1 Å². The van der Waals surface area contributed by atoms with Crippen LogP contribution in [0.4, 0.5) is 0 Å². The fraction of sp³-hybridized carbons (Fsp3) is 0.643. The van der Waals surface area contributed by atoms with E-state index in [4.69, 9.17) is 0 Å². The molecule has 0 N–H and O–H groups in total. The average molecular weight is 297 g/mol. The second-order valence-electron chi connectivity index (χ2n) is 5.64. The van der Waals surface area contributed by atoms with Crippen LogP contribution in [-0.2, 0) is 16.6 Å². The van der Waals surface area contributed by atoms with Gasteiger partial charge in [0.2, 0.25) is 0 Å². The first-order chi connectivity index (χ1) is 9.39. The molecule has 0 unspecified atom stereocenters. The standard InChI is InChI=1S/C14H23N3O2S/c1-12-10-14(4-7-15-12)11-13-5-8-17(9-6-13)20(18,19)16(2)3/h4,7,10,13H,5-6,8-9,11H2,1-3H3. The molecule has 0 aliphatic carbocycles. The third kappa shape index (κ3) is 3.56. The van der Waals surface area contributed by atoms with Crippen LogP contribution in [0.15, 0.2) is 18.3 Å². The van der Waals surface area contributed by atoms with Crippen LogP contribution in [0.25, 0.3) is 0 Å². The molecule has 1 saturated heterocycles. The molecule has 2 rings (SSSR count). The van der Waals surface area contributed by atoms with Crippen LogP contribution in [0.1, 0.15) is 24.1 Å². The molecule has 0 atom stereocenters. The molecule has 5 nitrogen and oxygen atoms in total.